The van der Waals surface area contributed by atoms with Crippen LogP contribution in [0.3, 0.4) is 0 Å². The smallest absolute Gasteiger partial charge is 0.255 e. The second-order valence-electron chi connectivity index (χ2n) is 6.24. The number of hydrogen-bond acceptors (Lipinski definition) is 3. The van der Waals surface area contributed by atoms with Crippen LogP contribution in [0.25, 0.3) is 0 Å². The summed E-state index contributed by atoms with van der Waals surface area (Å²) in [4.78, 5) is 38.2. The predicted molar refractivity (Wildman–Crippen MR) is 87.8 cm³/mol. The molecule has 1 N–H and O–H groups in total. The van der Waals surface area contributed by atoms with E-state index < -0.39 is 5.54 Å². The van der Waals surface area contributed by atoms with Crippen LogP contribution in [0.5, 0.6) is 0 Å². The van der Waals surface area contributed by atoms with Gasteiger partial charge in [-0.05, 0) is 30.9 Å². The quantitative estimate of drug-likeness (QED) is 0.871. The Hall–Kier alpha value is -2.17. The van der Waals surface area contributed by atoms with Crippen LogP contribution in [-0.2, 0) is 22.6 Å². The van der Waals surface area contributed by atoms with Gasteiger partial charge in [-0.25, -0.2) is 0 Å². The fourth-order valence-corrected chi connectivity index (χ4v) is 3.36. The van der Waals surface area contributed by atoms with E-state index >= 15 is 0 Å². The number of amides is 3. The van der Waals surface area contributed by atoms with Gasteiger partial charge in [0.15, 0.2) is 0 Å². The molecular formula is C18H24N2O3. The van der Waals surface area contributed by atoms with Crippen LogP contribution in [0.2, 0.25) is 0 Å². The summed E-state index contributed by atoms with van der Waals surface area (Å²) in [7, 11) is 0. The van der Waals surface area contributed by atoms with Crippen LogP contribution in [0.15, 0.2) is 18.2 Å². The maximum atomic E-state index is 12.9. The molecular weight excluding hydrogens is 292 g/mol. The third kappa shape index (κ3) is 2.64. The predicted octanol–water partition coefficient (Wildman–Crippen LogP) is 2.43. The van der Waals surface area contributed by atoms with Gasteiger partial charge in [-0.2, -0.15) is 0 Å². The maximum absolute atomic E-state index is 12.9. The third-order valence-electron chi connectivity index (χ3n) is 4.72. The Labute approximate surface area is 137 Å². The molecule has 3 amide bonds. The highest BCUT2D eigenvalue weighted by molar-refractivity contribution is 6.07. The van der Waals surface area contributed by atoms with Crippen molar-refractivity contribution in [3.8, 4) is 0 Å². The van der Waals surface area contributed by atoms with Crippen LogP contribution in [-0.4, -0.2) is 28.2 Å². The molecule has 0 aliphatic carbocycles. The SMILES string of the molecule is C.CCCc1cccc2c1C(=O)N([C@]1(C)CCC(=O)NC1=O)C2. The molecule has 2 aliphatic rings. The first-order valence-electron chi connectivity index (χ1n) is 7.74. The van der Waals surface area contributed by atoms with Gasteiger partial charge in [-0.1, -0.05) is 39.0 Å². The Morgan fingerprint density at radius 3 is 2.65 bits per heavy atom. The van der Waals surface area contributed by atoms with Crippen molar-refractivity contribution < 1.29 is 14.4 Å². The topological polar surface area (TPSA) is 66.5 Å². The summed E-state index contributed by atoms with van der Waals surface area (Å²) in [5.41, 5.74) is 1.81. The summed E-state index contributed by atoms with van der Waals surface area (Å²) in [6.07, 6.45) is 2.46. The van der Waals surface area contributed by atoms with Crippen LogP contribution in [0, 0.1) is 0 Å². The van der Waals surface area contributed by atoms with E-state index in [0.29, 0.717) is 13.0 Å². The number of nitrogens with zero attached hydrogens (tertiary/aromatic N) is 1. The Balaban J connectivity index is 0.00000192. The highest BCUT2D eigenvalue weighted by atomic mass is 16.2. The van der Waals surface area contributed by atoms with Gasteiger partial charge in [0, 0.05) is 18.5 Å². The van der Waals surface area contributed by atoms with E-state index in [1.165, 1.54) is 0 Å². The summed E-state index contributed by atoms with van der Waals surface area (Å²) < 4.78 is 0. The average molecular weight is 316 g/mol. The van der Waals surface area contributed by atoms with Gasteiger partial charge >= 0.3 is 0 Å². The van der Waals surface area contributed by atoms with Crippen LogP contribution in [0.1, 0.15) is 62.0 Å². The molecule has 23 heavy (non-hydrogen) atoms. The Bertz CT molecular complexity index is 668. The normalized spacial score (nSPS) is 23.4. The average Bonchev–Trinajstić information content (AvgIpc) is 2.83. The van der Waals surface area contributed by atoms with E-state index in [1.54, 1.807) is 11.8 Å². The van der Waals surface area contributed by atoms with Crippen LogP contribution >= 0.6 is 0 Å². The molecule has 5 heteroatoms. The fourth-order valence-electron chi connectivity index (χ4n) is 3.36. The molecule has 1 fully saturated rings. The van der Waals surface area contributed by atoms with Crippen molar-refractivity contribution in [1.82, 2.24) is 10.2 Å². The molecule has 0 spiro atoms. The summed E-state index contributed by atoms with van der Waals surface area (Å²) >= 11 is 0. The first-order chi connectivity index (χ1) is 10.5. The number of benzene rings is 1. The first-order valence-corrected chi connectivity index (χ1v) is 7.74. The second-order valence-corrected chi connectivity index (χ2v) is 6.24. The van der Waals surface area contributed by atoms with Crippen molar-refractivity contribution in [2.45, 2.75) is 59.0 Å². The van der Waals surface area contributed by atoms with Crippen molar-refractivity contribution in [3.05, 3.63) is 34.9 Å². The number of hydrogen-bond donors (Lipinski definition) is 1. The van der Waals surface area contributed by atoms with Crippen molar-refractivity contribution >= 4 is 17.7 Å². The van der Waals surface area contributed by atoms with E-state index in [0.717, 1.165) is 29.5 Å². The lowest BCUT2D eigenvalue weighted by atomic mass is 9.89. The number of carbonyl (C=O) groups is 3. The number of aryl methyl sites for hydroxylation is 1. The molecule has 2 aliphatic heterocycles. The molecule has 0 aromatic heterocycles. The highest BCUT2D eigenvalue weighted by Crippen LogP contribution is 2.35. The maximum Gasteiger partial charge on any atom is 0.255 e. The molecule has 5 nitrogen and oxygen atoms in total. The number of fused-ring (bicyclic) bond motifs is 1. The molecule has 1 aromatic rings. The van der Waals surface area contributed by atoms with Gasteiger partial charge in [0.2, 0.25) is 5.91 Å². The molecule has 0 saturated carbocycles. The summed E-state index contributed by atoms with van der Waals surface area (Å²) in [5, 5.41) is 2.36. The van der Waals surface area contributed by atoms with Gasteiger partial charge in [-0.3, -0.25) is 19.7 Å². The van der Waals surface area contributed by atoms with Gasteiger partial charge in [0.05, 0.1) is 0 Å². The number of piperidine rings is 1. The van der Waals surface area contributed by atoms with Gasteiger partial charge in [-0.15, -0.1) is 0 Å². The summed E-state index contributed by atoms with van der Waals surface area (Å²) in [5.74, 6) is -0.730. The number of imide groups is 1. The van der Waals surface area contributed by atoms with Gasteiger partial charge < -0.3 is 4.90 Å². The van der Waals surface area contributed by atoms with Crippen molar-refractivity contribution in [3.63, 3.8) is 0 Å². The number of carbonyl (C=O) groups excluding carboxylic acids is 3. The zero-order valence-electron chi connectivity index (χ0n) is 12.9. The highest BCUT2D eigenvalue weighted by Gasteiger charge is 2.48. The second kappa shape index (κ2) is 6.14. The Morgan fingerprint density at radius 1 is 1.26 bits per heavy atom. The van der Waals surface area contributed by atoms with E-state index in [2.05, 4.69) is 12.2 Å². The summed E-state index contributed by atoms with van der Waals surface area (Å²) in [6.45, 7) is 4.26. The lowest BCUT2D eigenvalue weighted by molar-refractivity contribution is -0.142. The molecule has 1 saturated heterocycles. The molecule has 1 aromatic carbocycles. The van der Waals surface area contributed by atoms with E-state index in [-0.39, 0.29) is 31.6 Å². The van der Waals surface area contributed by atoms with Gasteiger partial charge in [0.25, 0.3) is 11.8 Å². The number of rotatable bonds is 3. The lowest BCUT2D eigenvalue weighted by Gasteiger charge is -2.39. The zero-order chi connectivity index (χ0) is 15.9. The van der Waals surface area contributed by atoms with Crippen molar-refractivity contribution in [2.75, 3.05) is 0 Å². The van der Waals surface area contributed by atoms with E-state index in [4.69, 9.17) is 0 Å². The minimum atomic E-state index is -0.951. The van der Waals surface area contributed by atoms with E-state index in [1.807, 2.05) is 18.2 Å². The largest absolute Gasteiger partial charge is 0.320 e. The van der Waals surface area contributed by atoms with Crippen molar-refractivity contribution in [2.24, 2.45) is 0 Å². The van der Waals surface area contributed by atoms with Crippen LogP contribution < -0.4 is 5.32 Å². The monoisotopic (exact) mass is 316 g/mol. The van der Waals surface area contributed by atoms with Crippen molar-refractivity contribution in [1.29, 1.82) is 0 Å². The lowest BCUT2D eigenvalue weighted by Crippen LogP contribution is -2.61. The Morgan fingerprint density at radius 2 is 2.00 bits per heavy atom. The van der Waals surface area contributed by atoms with Gasteiger partial charge in [0.1, 0.15) is 5.54 Å². The molecule has 0 bridgehead atoms. The standard InChI is InChI=1S/C17H20N2O3.CH4/c1-3-5-11-6-4-7-12-10-19(15(21)14(11)12)17(2)9-8-13(20)18-16(17)22;/h4,6-7H,3,5,8-10H2,1-2H3,(H,18,20,22);1H4/t17-;/m1./s1. The minimum absolute atomic E-state index is 0. The van der Waals surface area contributed by atoms with Crippen LogP contribution in [0.4, 0.5) is 0 Å². The molecule has 2 heterocycles. The molecule has 0 unspecified atom stereocenters. The third-order valence-corrected chi connectivity index (χ3v) is 4.72. The summed E-state index contributed by atoms with van der Waals surface area (Å²) in [6, 6.07) is 5.89. The fraction of sp³-hybridized carbons (Fsp3) is 0.500. The minimum Gasteiger partial charge on any atom is -0.320 e. The zero-order valence-corrected chi connectivity index (χ0v) is 12.9. The Kier molecular flexibility index (Phi) is 4.59. The first kappa shape index (κ1) is 17.2. The van der Waals surface area contributed by atoms with E-state index in [9.17, 15) is 14.4 Å². The molecule has 1 atom stereocenters. The molecule has 124 valence electrons. The molecule has 0 radical (unpaired) electrons. The molecule has 3 rings (SSSR count). The number of nitrogens with one attached hydrogen (secondary N) is 1.